The summed E-state index contributed by atoms with van der Waals surface area (Å²) in [5.74, 6) is 0. The minimum Gasteiger partial charge on any atom is -0.412 e. The van der Waals surface area contributed by atoms with Crippen LogP contribution in [0.15, 0.2) is 0 Å². The maximum Gasteiger partial charge on any atom is 0.394 e. The first-order valence-corrected chi connectivity index (χ1v) is 2.10. The second-order valence-electron chi connectivity index (χ2n) is 0.448. The molecule has 0 unspecified atom stereocenters. The van der Waals surface area contributed by atoms with E-state index in [2.05, 4.69) is 0 Å². The summed E-state index contributed by atoms with van der Waals surface area (Å²) in [7, 11) is -4.67. The molecule has 0 aliphatic carbocycles. The summed E-state index contributed by atoms with van der Waals surface area (Å²) < 4.78 is 31.6. The molecule has 0 saturated heterocycles. The molecule has 7 heavy (non-hydrogen) atoms. The molecule has 0 bridgehead atoms. The normalized spacial score (nSPS) is 8.29. The van der Waals surface area contributed by atoms with E-state index in [4.69, 9.17) is 17.5 Å². The minimum absolute atomic E-state index is 0. The van der Waals surface area contributed by atoms with E-state index in [0.717, 1.165) is 0 Å². The van der Waals surface area contributed by atoms with Gasteiger partial charge in [-0.15, -0.1) is 0 Å². The van der Waals surface area contributed by atoms with Crippen molar-refractivity contribution in [1.29, 1.82) is 0 Å². The summed E-state index contributed by atoms with van der Waals surface area (Å²) in [6.45, 7) is 0. The maximum atomic E-state index is 8.74. The Labute approximate surface area is 79.2 Å². The van der Waals surface area contributed by atoms with Crippen LogP contribution in [0.4, 0.5) is 0 Å². The van der Waals surface area contributed by atoms with Crippen molar-refractivity contribution in [2.45, 2.75) is 0 Å². The molecule has 54 valence electrons. The molecule has 0 atom stereocenters. The maximum absolute atomic E-state index is 8.74. The van der Waals surface area contributed by atoms with Crippen LogP contribution >= 0.6 is 0 Å². The van der Waals surface area contributed by atoms with Crippen molar-refractivity contribution < 1.29 is 69.9 Å². The Bertz CT molecular complexity index is 91.2. The van der Waals surface area contributed by atoms with Gasteiger partial charge in [0, 0.05) is 46.9 Å². The van der Waals surface area contributed by atoms with E-state index in [1.54, 1.807) is 0 Å². The topological polar surface area (TPSA) is 106 Å². The Hall–Kier alpha value is 1.35. The summed E-state index contributed by atoms with van der Waals surface area (Å²) in [5, 5.41) is 0. The minimum atomic E-state index is -4.67. The molecule has 0 aliphatic rings. The molecule has 0 rings (SSSR count). The molecule has 0 radical (unpaired) electrons. The monoisotopic (exact) mass is 290 g/mol. The Balaban J connectivity index is -0.0000000800. The number of hydrogen-bond acceptors (Lipinski definition) is 2. The molecule has 0 aliphatic heterocycles. The average molecular weight is 289 g/mol. The van der Waals surface area contributed by atoms with Crippen LogP contribution in [0.1, 0.15) is 0 Å². The standard InChI is InChI=1S/H2O4S.H2O.Yb/c1-5(2,3)4;;/h(H2,1,2,3,4);1H2;. The van der Waals surface area contributed by atoms with Crippen LogP contribution in [0.3, 0.4) is 0 Å². The fourth-order valence-corrected chi connectivity index (χ4v) is 0. The van der Waals surface area contributed by atoms with Crippen LogP contribution in [0.25, 0.3) is 0 Å². The van der Waals surface area contributed by atoms with E-state index >= 15 is 0 Å². The zero-order chi connectivity index (χ0) is 4.50. The molecule has 0 amide bonds. The third kappa shape index (κ3) is 115. The summed E-state index contributed by atoms with van der Waals surface area (Å²) >= 11 is 0. The van der Waals surface area contributed by atoms with Gasteiger partial charge in [0.1, 0.15) is 0 Å². The molecule has 0 spiro atoms. The molecule has 0 aromatic heterocycles. The van der Waals surface area contributed by atoms with Crippen LogP contribution < -0.4 is 0 Å². The van der Waals surface area contributed by atoms with Gasteiger partial charge in [0.25, 0.3) is 0 Å². The summed E-state index contributed by atoms with van der Waals surface area (Å²) in [4.78, 5) is 0. The van der Waals surface area contributed by atoms with Crippen LogP contribution in [-0.2, 0) is 10.4 Å². The van der Waals surface area contributed by atoms with Gasteiger partial charge in [-0.2, -0.15) is 8.42 Å². The number of rotatable bonds is 0. The van der Waals surface area contributed by atoms with Gasteiger partial charge in [-0.25, -0.2) is 0 Å². The van der Waals surface area contributed by atoms with Crippen LogP contribution in [0.2, 0.25) is 0 Å². The quantitative estimate of drug-likeness (QED) is 0.530. The molecule has 5 nitrogen and oxygen atoms in total. The third-order valence-electron chi connectivity index (χ3n) is 0. The van der Waals surface area contributed by atoms with Gasteiger partial charge >= 0.3 is 10.4 Å². The molecule has 7 heteroatoms. The Kier molecular flexibility index (Phi) is 12.4. The Morgan fingerprint density at radius 1 is 1.14 bits per heavy atom. The Morgan fingerprint density at radius 3 is 1.14 bits per heavy atom. The van der Waals surface area contributed by atoms with Crippen LogP contribution in [0.5, 0.6) is 0 Å². The van der Waals surface area contributed by atoms with Gasteiger partial charge in [0.2, 0.25) is 0 Å². The SMILES string of the molecule is O.O=S(=O)(O)O.[Yb]. The van der Waals surface area contributed by atoms with Gasteiger partial charge in [-0.3, -0.25) is 9.11 Å². The summed E-state index contributed by atoms with van der Waals surface area (Å²) in [6, 6.07) is 0. The van der Waals surface area contributed by atoms with E-state index in [9.17, 15) is 0 Å². The smallest absolute Gasteiger partial charge is 0.394 e. The molecule has 0 saturated carbocycles. The van der Waals surface area contributed by atoms with Gasteiger partial charge < -0.3 is 5.48 Å². The third-order valence-corrected chi connectivity index (χ3v) is 0. The molecule has 0 fully saturated rings. The number of hydrogen-bond donors (Lipinski definition) is 2. The van der Waals surface area contributed by atoms with Crippen molar-refractivity contribution in [2.24, 2.45) is 0 Å². The fourth-order valence-electron chi connectivity index (χ4n) is 0. The second kappa shape index (κ2) is 5.49. The molecule has 0 heterocycles. The van der Waals surface area contributed by atoms with Crippen molar-refractivity contribution in [3.05, 3.63) is 0 Å². The van der Waals surface area contributed by atoms with E-state index in [1.807, 2.05) is 0 Å². The van der Waals surface area contributed by atoms with Crippen molar-refractivity contribution in [3.8, 4) is 0 Å². The largest absolute Gasteiger partial charge is 0.412 e. The zero-order valence-corrected chi connectivity index (χ0v) is 5.42. The van der Waals surface area contributed by atoms with E-state index < -0.39 is 10.4 Å². The van der Waals surface area contributed by atoms with E-state index in [1.165, 1.54) is 0 Å². The van der Waals surface area contributed by atoms with Crippen molar-refractivity contribution in [1.82, 2.24) is 0 Å². The molecular formula is H4O5SYb. The van der Waals surface area contributed by atoms with Gasteiger partial charge in [-0.05, 0) is 0 Å². The van der Waals surface area contributed by atoms with Crippen LogP contribution in [-0.4, -0.2) is 23.0 Å². The van der Waals surface area contributed by atoms with E-state index in [-0.39, 0.29) is 52.4 Å². The van der Waals surface area contributed by atoms with Gasteiger partial charge in [0.15, 0.2) is 0 Å². The average Bonchev–Trinajstić information content (AvgIpc) is 0.722. The van der Waals surface area contributed by atoms with Crippen molar-refractivity contribution in [2.75, 3.05) is 0 Å². The second-order valence-corrected chi connectivity index (χ2v) is 1.34. The molecule has 0 aromatic rings. The van der Waals surface area contributed by atoms with Crippen molar-refractivity contribution in [3.63, 3.8) is 0 Å². The first-order chi connectivity index (χ1) is 2.00. The Morgan fingerprint density at radius 2 is 1.14 bits per heavy atom. The molecular weight excluding hydrogens is 285 g/mol. The first kappa shape index (κ1) is 15.8. The summed E-state index contributed by atoms with van der Waals surface area (Å²) in [6.07, 6.45) is 0. The van der Waals surface area contributed by atoms with Gasteiger partial charge in [0.05, 0.1) is 0 Å². The predicted molar refractivity (Wildman–Crippen MR) is 17.8 cm³/mol. The zero-order valence-electron chi connectivity index (χ0n) is 2.89. The summed E-state index contributed by atoms with van der Waals surface area (Å²) in [5.41, 5.74) is 0. The predicted octanol–water partition coefficient (Wildman–Crippen LogP) is -1.48. The molecule has 0 aromatic carbocycles. The van der Waals surface area contributed by atoms with E-state index in [0.29, 0.717) is 0 Å². The van der Waals surface area contributed by atoms with Gasteiger partial charge in [-0.1, -0.05) is 0 Å². The van der Waals surface area contributed by atoms with Crippen molar-refractivity contribution >= 4 is 10.4 Å². The fraction of sp³-hybridized carbons (Fsp3) is 0. The van der Waals surface area contributed by atoms with Crippen LogP contribution in [0, 0.1) is 46.9 Å². The first-order valence-electron chi connectivity index (χ1n) is 0.698. The molecule has 4 N–H and O–H groups in total.